The van der Waals surface area contributed by atoms with Gasteiger partial charge in [0, 0.05) is 6.08 Å². The van der Waals surface area contributed by atoms with Crippen molar-refractivity contribution >= 4 is 12.0 Å². The average molecular weight is 274 g/mol. The fourth-order valence-electron chi connectivity index (χ4n) is 2.61. The molecule has 0 amide bonds. The van der Waals surface area contributed by atoms with Crippen LogP contribution in [0.2, 0.25) is 0 Å². The van der Waals surface area contributed by atoms with E-state index in [4.69, 9.17) is 9.84 Å². The van der Waals surface area contributed by atoms with Crippen LogP contribution >= 0.6 is 0 Å². The van der Waals surface area contributed by atoms with Gasteiger partial charge >= 0.3 is 5.97 Å². The largest absolute Gasteiger partial charge is 0.478 e. The molecule has 2 rings (SSSR count). The summed E-state index contributed by atoms with van der Waals surface area (Å²) in [6, 6.07) is 7.80. The summed E-state index contributed by atoms with van der Waals surface area (Å²) in [5.74, 6) is -0.926. The number of benzene rings is 1. The molecule has 1 aliphatic rings. The third-order valence-corrected chi connectivity index (χ3v) is 3.74. The molecule has 0 unspecified atom stereocenters. The molecule has 3 heteroatoms. The highest BCUT2D eigenvalue weighted by molar-refractivity contribution is 5.85. The van der Waals surface area contributed by atoms with Gasteiger partial charge in [0.25, 0.3) is 0 Å². The first kappa shape index (κ1) is 14.8. The standard InChI is InChI=1S/C17H22O3/c18-17(19)12-11-14-7-5-6-8-15(14)13-20-16-9-3-1-2-4-10-16/h5-8,11-12,16H,1-4,9-10,13H2,(H,18,19). The van der Waals surface area contributed by atoms with Crippen molar-refractivity contribution in [3.05, 3.63) is 41.5 Å². The van der Waals surface area contributed by atoms with Crippen molar-refractivity contribution in [1.82, 2.24) is 0 Å². The molecule has 1 aliphatic carbocycles. The first-order chi connectivity index (χ1) is 9.75. The molecule has 3 nitrogen and oxygen atoms in total. The lowest BCUT2D eigenvalue weighted by molar-refractivity contribution is -0.131. The highest BCUT2D eigenvalue weighted by Crippen LogP contribution is 2.22. The molecule has 0 aliphatic heterocycles. The van der Waals surface area contributed by atoms with Gasteiger partial charge in [-0.25, -0.2) is 4.79 Å². The van der Waals surface area contributed by atoms with E-state index in [1.54, 1.807) is 6.08 Å². The van der Waals surface area contributed by atoms with Crippen LogP contribution in [-0.2, 0) is 16.1 Å². The van der Waals surface area contributed by atoms with Crippen molar-refractivity contribution in [3.63, 3.8) is 0 Å². The monoisotopic (exact) mass is 274 g/mol. The minimum absolute atomic E-state index is 0.356. The van der Waals surface area contributed by atoms with Gasteiger partial charge < -0.3 is 9.84 Å². The number of ether oxygens (including phenoxy) is 1. The smallest absolute Gasteiger partial charge is 0.328 e. The van der Waals surface area contributed by atoms with E-state index >= 15 is 0 Å². The SMILES string of the molecule is O=C(O)C=Cc1ccccc1COC1CCCCCC1. The number of aliphatic carboxylic acids is 1. The molecule has 0 aromatic heterocycles. The summed E-state index contributed by atoms with van der Waals surface area (Å²) < 4.78 is 6.02. The number of hydrogen-bond donors (Lipinski definition) is 1. The van der Waals surface area contributed by atoms with Crippen LogP contribution < -0.4 is 0 Å². The van der Waals surface area contributed by atoms with Gasteiger partial charge in [-0.15, -0.1) is 0 Å². The molecule has 1 aromatic rings. The highest BCUT2D eigenvalue weighted by atomic mass is 16.5. The molecule has 0 bridgehead atoms. The van der Waals surface area contributed by atoms with Crippen LogP contribution in [0.3, 0.4) is 0 Å². The lowest BCUT2D eigenvalue weighted by atomic mass is 10.1. The predicted octanol–water partition coefficient (Wildman–Crippen LogP) is 4.02. The number of hydrogen-bond acceptors (Lipinski definition) is 2. The van der Waals surface area contributed by atoms with Crippen molar-refractivity contribution in [2.24, 2.45) is 0 Å². The van der Waals surface area contributed by atoms with Crippen LogP contribution in [0, 0.1) is 0 Å². The van der Waals surface area contributed by atoms with Gasteiger partial charge in [0.1, 0.15) is 0 Å². The van der Waals surface area contributed by atoms with E-state index in [0.717, 1.165) is 24.0 Å². The molecule has 0 saturated heterocycles. The van der Waals surface area contributed by atoms with E-state index in [2.05, 4.69) is 0 Å². The van der Waals surface area contributed by atoms with Crippen LogP contribution in [0.1, 0.15) is 49.7 Å². The van der Waals surface area contributed by atoms with E-state index in [9.17, 15) is 4.79 Å². The molecule has 1 fully saturated rings. The van der Waals surface area contributed by atoms with Crippen LogP contribution in [-0.4, -0.2) is 17.2 Å². The molecular weight excluding hydrogens is 252 g/mol. The topological polar surface area (TPSA) is 46.5 Å². The van der Waals surface area contributed by atoms with Crippen molar-refractivity contribution in [3.8, 4) is 0 Å². The maximum absolute atomic E-state index is 10.6. The predicted molar refractivity (Wildman–Crippen MR) is 79.4 cm³/mol. The quantitative estimate of drug-likeness (QED) is 0.651. The lowest BCUT2D eigenvalue weighted by Gasteiger charge is -2.16. The summed E-state index contributed by atoms with van der Waals surface area (Å²) in [5, 5.41) is 8.71. The minimum Gasteiger partial charge on any atom is -0.478 e. The highest BCUT2D eigenvalue weighted by Gasteiger charge is 2.13. The molecule has 1 aromatic carbocycles. The van der Waals surface area contributed by atoms with Crippen LogP contribution in [0.4, 0.5) is 0 Å². The van der Waals surface area contributed by atoms with Crippen LogP contribution in [0.25, 0.3) is 6.08 Å². The summed E-state index contributed by atoms with van der Waals surface area (Å²) in [6.45, 7) is 0.560. The Morgan fingerprint density at radius 1 is 1.20 bits per heavy atom. The summed E-state index contributed by atoms with van der Waals surface area (Å²) >= 11 is 0. The lowest BCUT2D eigenvalue weighted by Crippen LogP contribution is -2.11. The Kier molecular flexibility index (Phi) is 5.81. The van der Waals surface area contributed by atoms with Crippen molar-refractivity contribution in [1.29, 1.82) is 0 Å². The van der Waals surface area contributed by atoms with Gasteiger partial charge in [0.2, 0.25) is 0 Å². The molecule has 1 N–H and O–H groups in total. The maximum atomic E-state index is 10.6. The molecule has 0 radical (unpaired) electrons. The number of carboxylic acid groups (broad SMARTS) is 1. The van der Waals surface area contributed by atoms with Gasteiger partial charge in [-0.05, 0) is 30.0 Å². The molecule has 1 saturated carbocycles. The van der Waals surface area contributed by atoms with E-state index in [1.807, 2.05) is 24.3 Å². The van der Waals surface area contributed by atoms with Gasteiger partial charge in [0.15, 0.2) is 0 Å². The Labute approximate surface area is 120 Å². The van der Waals surface area contributed by atoms with Crippen molar-refractivity contribution < 1.29 is 14.6 Å². The van der Waals surface area contributed by atoms with Crippen LogP contribution in [0.5, 0.6) is 0 Å². The zero-order valence-electron chi connectivity index (χ0n) is 11.8. The fraction of sp³-hybridized carbons (Fsp3) is 0.471. The van der Waals surface area contributed by atoms with E-state index < -0.39 is 5.97 Å². The third-order valence-electron chi connectivity index (χ3n) is 3.74. The average Bonchev–Trinajstić information content (AvgIpc) is 2.72. The van der Waals surface area contributed by atoms with E-state index in [-0.39, 0.29) is 0 Å². The van der Waals surface area contributed by atoms with E-state index in [0.29, 0.717) is 12.7 Å². The number of carboxylic acids is 1. The second kappa shape index (κ2) is 7.85. The molecule has 0 heterocycles. The van der Waals surface area contributed by atoms with Crippen molar-refractivity contribution in [2.45, 2.75) is 51.2 Å². The van der Waals surface area contributed by atoms with Gasteiger partial charge in [0.05, 0.1) is 12.7 Å². The molecule has 0 atom stereocenters. The van der Waals surface area contributed by atoms with Gasteiger partial charge in [-0.1, -0.05) is 49.9 Å². The summed E-state index contributed by atoms with van der Waals surface area (Å²) in [6.07, 6.45) is 10.6. The van der Waals surface area contributed by atoms with Crippen LogP contribution in [0.15, 0.2) is 30.3 Å². The Morgan fingerprint density at radius 3 is 2.60 bits per heavy atom. The molecule has 20 heavy (non-hydrogen) atoms. The second-order valence-corrected chi connectivity index (χ2v) is 5.29. The van der Waals surface area contributed by atoms with E-state index in [1.165, 1.54) is 31.8 Å². The van der Waals surface area contributed by atoms with Gasteiger partial charge in [-0.2, -0.15) is 0 Å². The normalized spacial score (nSPS) is 17.2. The second-order valence-electron chi connectivity index (χ2n) is 5.29. The summed E-state index contributed by atoms with van der Waals surface area (Å²) in [7, 11) is 0. The Balaban J connectivity index is 1.96. The number of carbonyl (C=O) groups is 1. The number of rotatable bonds is 5. The first-order valence-electron chi connectivity index (χ1n) is 7.36. The van der Waals surface area contributed by atoms with Crippen molar-refractivity contribution in [2.75, 3.05) is 0 Å². The Morgan fingerprint density at radius 2 is 1.90 bits per heavy atom. The Bertz CT molecular complexity index is 457. The minimum atomic E-state index is -0.926. The Hall–Kier alpha value is -1.61. The molecule has 0 spiro atoms. The first-order valence-corrected chi connectivity index (χ1v) is 7.36. The summed E-state index contributed by atoms with van der Waals surface area (Å²) in [5.41, 5.74) is 1.97. The molecular formula is C17H22O3. The summed E-state index contributed by atoms with van der Waals surface area (Å²) in [4.78, 5) is 10.6. The van der Waals surface area contributed by atoms with Gasteiger partial charge in [-0.3, -0.25) is 0 Å². The fourth-order valence-corrected chi connectivity index (χ4v) is 2.61. The zero-order valence-corrected chi connectivity index (χ0v) is 11.8. The zero-order chi connectivity index (χ0) is 14.2. The third kappa shape index (κ3) is 4.82. The maximum Gasteiger partial charge on any atom is 0.328 e. The molecule has 108 valence electrons.